The summed E-state index contributed by atoms with van der Waals surface area (Å²) in [6.07, 6.45) is 5.36. The molecule has 5 rings (SSSR count). The summed E-state index contributed by atoms with van der Waals surface area (Å²) in [6, 6.07) is 30.2. The number of amides is 2. The average Bonchev–Trinajstić information content (AvgIpc) is 3.07. The molecule has 1 atom stereocenters. The maximum Gasteiger partial charge on any atom is 0.264 e. The number of halogens is 1. The van der Waals surface area contributed by atoms with Crippen molar-refractivity contribution in [2.45, 2.75) is 75.9 Å². The zero-order valence-electron chi connectivity index (χ0n) is 26.9. The Balaban J connectivity index is 1.56. The van der Waals surface area contributed by atoms with Crippen molar-refractivity contribution in [2.24, 2.45) is 0 Å². The maximum atomic E-state index is 14.7. The van der Waals surface area contributed by atoms with Gasteiger partial charge in [-0.1, -0.05) is 119 Å². The van der Waals surface area contributed by atoms with Crippen molar-refractivity contribution in [1.82, 2.24) is 10.2 Å². The number of nitrogens with zero attached hydrogens (tertiary/aromatic N) is 2. The van der Waals surface area contributed by atoms with E-state index in [0.717, 1.165) is 58.7 Å². The molecular formula is C38H42BrN3O4S. The predicted molar refractivity (Wildman–Crippen MR) is 191 cm³/mol. The summed E-state index contributed by atoms with van der Waals surface area (Å²) in [6.45, 7) is 3.54. The molecule has 0 heterocycles. The van der Waals surface area contributed by atoms with Crippen molar-refractivity contribution in [3.05, 3.63) is 130 Å². The number of aryl methyl sites for hydroxylation is 2. The molecule has 1 aliphatic carbocycles. The standard InChI is InChI=1S/C38H42BrN3O4S/c1-28-16-20-31(21-17-28)26-41(36(24-30-10-5-3-6-11-30)38(44)40-33-13-7-4-8-14-33)37(43)27-42(34-15-9-12-32(39)25-34)47(45,46)35-22-18-29(2)19-23-35/h3,5-6,9-12,15-23,25,33,36H,4,7-8,13-14,24,26-27H2,1-2H3,(H,40,44). The SMILES string of the molecule is Cc1ccc(CN(C(=O)CN(c2cccc(Br)c2)S(=O)(=O)c2ccc(C)cc2)C(Cc2ccccc2)C(=O)NC2CCCCC2)cc1. The number of sulfonamides is 1. The average molecular weight is 717 g/mol. The molecular weight excluding hydrogens is 674 g/mol. The Morgan fingerprint density at radius 2 is 1.45 bits per heavy atom. The first-order valence-electron chi connectivity index (χ1n) is 16.1. The van der Waals surface area contributed by atoms with Gasteiger partial charge in [0.2, 0.25) is 11.8 Å². The second kappa shape index (κ2) is 15.8. The van der Waals surface area contributed by atoms with Crippen LogP contribution < -0.4 is 9.62 Å². The number of benzene rings is 4. The van der Waals surface area contributed by atoms with Crippen molar-refractivity contribution < 1.29 is 18.0 Å². The van der Waals surface area contributed by atoms with E-state index >= 15 is 0 Å². The van der Waals surface area contributed by atoms with Gasteiger partial charge in [0.05, 0.1) is 10.6 Å². The van der Waals surface area contributed by atoms with Crippen molar-refractivity contribution in [3.63, 3.8) is 0 Å². The zero-order valence-corrected chi connectivity index (χ0v) is 29.3. The Morgan fingerprint density at radius 3 is 2.09 bits per heavy atom. The fourth-order valence-corrected chi connectivity index (χ4v) is 7.78. The monoisotopic (exact) mass is 715 g/mol. The van der Waals surface area contributed by atoms with Gasteiger partial charge >= 0.3 is 0 Å². The second-order valence-corrected chi connectivity index (χ2v) is 15.1. The van der Waals surface area contributed by atoms with Crippen LogP contribution in [0, 0.1) is 13.8 Å². The number of hydrogen-bond donors (Lipinski definition) is 1. The van der Waals surface area contributed by atoms with Gasteiger partial charge in [-0.2, -0.15) is 0 Å². The summed E-state index contributed by atoms with van der Waals surface area (Å²) in [5.74, 6) is -0.697. The summed E-state index contributed by atoms with van der Waals surface area (Å²) < 4.78 is 30.3. The highest BCUT2D eigenvalue weighted by molar-refractivity contribution is 9.10. The van der Waals surface area contributed by atoms with E-state index in [1.807, 2.05) is 68.4 Å². The van der Waals surface area contributed by atoms with E-state index in [2.05, 4.69) is 21.2 Å². The lowest BCUT2D eigenvalue weighted by Crippen LogP contribution is -2.55. The van der Waals surface area contributed by atoms with E-state index < -0.39 is 28.5 Å². The number of hydrogen-bond acceptors (Lipinski definition) is 4. The molecule has 7 nitrogen and oxygen atoms in total. The van der Waals surface area contributed by atoms with Crippen LogP contribution in [0.5, 0.6) is 0 Å². The molecule has 0 saturated heterocycles. The zero-order chi connectivity index (χ0) is 33.4. The lowest BCUT2D eigenvalue weighted by atomic mass is 9.94. The van der Waals surface area contributed by atoms with Crippen LogP contribution in [0.25, 0.3) is 0 Å². The van der Waals surface area contributed by atoms with Gasteiger partial charge in [-0.05, 0) is 68.1 Å². The Kier molecular flexibility index (Phi) is 11.5. The normalized spacial score (nSPS) is 14.3. The summed E-state index contributed by atoms with van der Waals surface area (Å²) in [5, 5.41) is 3.25. The Labute approximate surface area is 287 Å². The summed E-state index contributed by atoms with van der Waals surface area (Å²) in [4.78, 5) is 30.5. The summed E-state index contributed by atoms with van der Waals surface area (Å²) in [7, 11) is -4.16. The number of nitrogens with one attached hydrogen (secondary N) is 1. The minimum absolute atomic E-state index is 0.0472. The highest BCUT2D eigenvalue weighted by atomic mass is 79.9. The lowest BCUT2D eigenvalue weighted by Gasteiger charge is -2.35. The molecule has 2 amide bonds. The van der Waals surface area contributed by atoms with Gasteiger partial charge in [-0.25, -0.2) is 8.42 Å². The smallest absolute Gasteiger partial charge is 0.264 e. The van der Waals surface area contributed by atoms with Crippen LogP contribution in [-0.4, -0.2) is 43.8 Å². The molecule has 1 aliphatic rings. The molecule has 1 saturated carbocycles. The highest BCUT2D eigenvalue weighted by Crippen LogP contribution is 2.28. The van der Waals surface area contributed by atoms with Crippen LogP contribution in [0.4, 0.5) is 5.69 Å². The minimum Gasteiger partial charge on any atom is -0.352 e. The third-order valence-corrected chi connectivity index (χ3v) is 11.0. The van der Waals surface area contributed by atoms with E-state index in [1.54, 1.807) is 53.4 Å². The van der Waals surface area contributed by atoms with Gasteiger partial charge in [0.25, 0.3) is 10.0 Å². The fraction of sp³-hybridized carbons (Fsp3) is 0.316. The Bertz CT molecular complexity index is 1760. The van der Waals surface area contributed by atoms with E-state index in [-0.39, 0.29) is 23.4 Å². The van der Waals surface area contributed by atoms with Crippen molar-refractivity contribution >= 4 is 43.5 Å². The van der Waals surface area contributed by atoms with Gasteiger partial charge in [-0.3, -0.25) is 13.9 Å². The maximum absolute atomic E-state index is 14.7. The second-order valence-electron chi connectivity index (χ2n) is 12.4. The van der Waals surface area contributed by atoms with Gasteiger partial charge in [0, 0.05) is 23.5 Å². The molecule has 0 spiro atoms. The van der Waals surface area contributed by atoms with Crippen LogP contribution in [0.1, 0.15) is 54.4 Å². The molecule has 0 radical (unpaired) electrons. The van der Waals surface area contributed by atoms with Crippen molar-refractivity contribution in [3.8, 4) is 0 Å². The van der Waals surface area contributed by atoms with Gasteiger partial charge in [0.1, 0.15) is 12.6 Å². The number of carbonyl (C=O) groups excluding carboxylic acids is 2. The molecule has 0 bridgehead atoms. The molecule has 4 aromatic carbocycles. The highest BCUT2D eigenvalue weighted by Gasteiger charge is 2.35. The number of carbonyl (C=O) groups is 2. The molecule has 1 fully saturated rings. The largest absolute Gasteiger partial charge is 0.352 e. The lowest BCUT2D eigenvalue weighted by molar-refractivity contribution is -0.140. The van der Waals surface area contributed by atoms with Crippen LogP contribution in [0.2, 0.25) is 0 Å². The molecule has 0 aromatic heterocycles. The summed E-state index contributed by atoms with van der Waals surface area (Å²) in [5.41, 5.74) is 4.10. The quantitative estimate of drug-likeness (QED) is 0.166. The molecule has 47 heavy (non-hydrogen) atoms. The first kappa shape index (κ1) is 34.4. The van der Waals surface area contributed by atoms with Crippen LogP contribution in [-0.2, 0) is 32.6 Å². The van der Waals surface area contributed by atoms with E-state index in [4.69, 9.17) is 0 Å². The van der Waals surface area contributed by atoms with E-state index in [9.17, 15) is 18.0 Å². The van der Waals surface area contributed by atoms with Gasteiger partial charge < -0.3 is 10.2 Å². The third-order valence-electron chi connectivity index (χ3n) is 8.68. The van der Waals surface area contributed by atoms with Gasteiger partial charge in [0.15, 0.2) is 0 Å². The molecule has 1 N–H and O–H groups in total. The van der Waals surface area contributed by atoms with Crippen LogP contribution in [0.3, 0.4) is 0 Å². The fourth-order valence-electron chi connectivity index (χ4n) is 5.99. The molecule has 1 unspecified atom stereocenters. The molecule has 9 heteroatoms. The molecule has 246 valence electrons. The first-order chi connectivity index (χ1) is 22.6. The molecule has 4 aromatic rings. The Morgan fingerprint density at radius 1 is 0.809 bits per heavy atom. The van der Waals surface area contributed by atoms with Crippen LogP contribution >= 0.6 is 15.9 Å². The van der Waals surface area contributed by atoms with Crippen LogP contribution in [0.15, 0.2) is 112 Å². The minimum atomic E-state index is -4.16. The van der Waals surface area contributed by atoms with Crippen molar-refractivity contribution in [2.75, 3.05) is 10.8 Å². The predicted octanol–water partition coefficient (Wildman–Crippen LogP) is 7.35. The topological polar surface area (TPSA) is 86.8 Å². The summed E-state index contributed by atoms with van der Waals surface area (Å²) >= 11 is 3.46. The van der Waals surface area contributed by atoms with Crippen molar-refractivity contribution in [1.29, 1.82) is 0 Å². The third kappa shape index (κ3) is 9.11. The Hall–Kier alpha value is -3.95. The first-order valence-corrected chi connectivity index (χ1v) is 18.4. The van der Waals surface area contributed by atoms with Gasteiger partial charge in [-0.15, -0.1) is 0 Å². The number of rotatable bonds is 12. The van der Waals surface area contributed by atoms with E-state index in [1.165, 1.54) is 0 Å². The number of anilines is 1. The van der Waals surface area contributed by atoms with E-state index in [0.29, 0.717) is 16.6 Å². The molecule has 0 aliphatic heterocycles.